The molecule has 0 saturated carbocycles. The molecular weight excluding hydrogens is 224 g/mol. The summed E-state index contributed by atoms with van der Waals surface area (Å²) < 4.78 is 9.62. The van der Waals surface area contributed by atoms with Crippen molar-refractivity contribution in [2.75, 3.05) is 20.8 Å². The Labute approximate surface area is 102 Å². The van der Waals surface area contributed by atoms with Gasteiger partial charge in [0, 0.05) is 13.7 Å². The van der Waals surface area contributed by atoms with Crippen molar-refractivity contribution in [1.29, 1.82) is 0 Å². The summed E-state index contributed by atoms with van der Waals surface area (Å²) in [6.45, 7) is 3.92. The molecule has 0 aromatic heterocycles. The van der Waals surface area contributed by atoms with E-state index in [0.29, 0.717) is 0 Å². The Hall–Kier alpha value is -1.14. The van der Waals surface area contributed by atoms with Crippen LogP contribution in [0.2, 0.25) is 0 Å². The first kappa shape index (κ1) is 15.9. The van der Waals surface area contributed by atoms with E-state index in [1.54, 1.807) is 0 Å². The number of nitrogens with two attached hydrogens (primary N) is 1. The lowest BCUT2D eigenvalue weighted by Crippen LogP contribution is -2.46. The third kappa shape index (κ3) is 5.65. The molecule has 0 aliphatic carbocycles. The molecule has 6 heteroatoms. The highest BCUT2D eigenvalue weighted by atomic mass is 16.5. The highest BCUT2D eigenvalue weighted by Crippen LogP contribution is 2.05. The number of hydrogen-bond donors (Lipinski definition) is 2. The average molecular weight is 246 g/mol. The maximum Gasteiger partial charge on any atom is 0.328 e. The van der Waals surface area contributed by atoms with E-state index in [1.165, 1.54) is 14.2 Å². The molecule has 0 aromatic carbocycles. The second kappa shape index (κ2) is 8.03. The lowest BCUT2D eigenvalue weighted by atomic mass is 10.0. The Kier molecular flexibility index (Phi) is 7.49. The fraction of sp³-hybridized carbons (Fsp3) is 0.818. The summed E-state index contributed by atoms with van der Waals surface area (Å²) >= 11 is 0. The molecule has 0 saturated heterocycles. The molecule has 100 valence electrons. The van der Waals surface area contributed by atoms with E-state index in [0.717, 1.165) is 0 Å². The smallest absolute Gasteiger partial charge is 0.328 e. The highest BCUT2D eigenvalue weighted by Gasteiger charge is 2.25. The van der Waals surface area contributed by atoms with Gasteiger partial charge in [0.1, 0.15) is 6.04 Å². The lowest BCUT2D eigenvalue weighted by molar-refractivity contribution is -0.146. The SMILES string of the molecule is COC(=O)[C@@H](NC(=O)CC(CN)OC)C(C)C. The molecule has 0 bridgehead atoms. The minimum atomic E-state index is -0.636. The van der Waals surface area contributed by atoms with Crippen LogP contribution in [0.5, 0.6) is 0 Å². The van der Waals surface area contributed by atoms with Gasteiger partial charge in [0.2, 0.25) is 5.91 Å². The molecule has 0 radical (unpaired) electrons. The molecule has 0 aliphatic rings. The van der Waals surface area contributed by atoms with Crippen LogP contribution in [0, 0.1) is 5.92 Å². The molecule has 0 fully saturated rings. The molecule has 0 heterocycles. The Morgan fingerprint density at radius 1 is 1.29 bits per heavy atom. The Morgan fingerprint density at radius 3 is 2.24 bits per heavy atom. The van der Waals surface area contributed by atoms with E-state index in [9.17, 15) is 9.59 Å². The van der Waals surface area contributed by atoms with Crippen molar-refractivity contribution < 1.29 is 19.1 Å². The van der Waals surface area contributed by atoms with Crippen molar-refractivity contribution in [2.24, 2.45) is 11.7 Å². The normalized spacial score (nSPS) is 14.2. The van der Waals surface area contributed by atoms with Crippen LogP contribution in [0.15, 0.2) is 0 Å². The van der Waals surface area contributed by atoms with Crippen molar-refractivity contribution in [3.63, 3.8) is 0 Å². The van der Waals surface area contributed by atoms with Crippen LogP contribution < -0.4 is 11.1 Å². The van der Waals surface area contributed by atoms with E-state index < -0.39 is 12.0 Å². The first-order valence-electron chi connectivity index (χ1n) is 5.56. The third-order valence-electron chi connectivity index (χ3n) is 2.45. The summed E-state index contributed by atoms with van der Waals surface area (Å²) in [5, 5.41) is 2.62. The van der Waals surface area contributed by atoms with Crippen molar-refractivity contribution in [3.05, 3.63) is 0 Å². The predicted molar refractivity (Wildman–Crippen MR) is 63.3 cm³/mol. The van der Waals surface area contributed by atoms with Gasteiger partial charge >= 0.3 is 5.97 Å². The van der Waals surface area contributed by atoms with Crippen molar-refractivity contribution in [1.82, 2.24) is 5.32 Å². The first-order chi connectivity index (χ1) is 7.96. The van der Waals surface area contributed by atoms with Crippen LogP contribution in [-0.4, -0.2) is 44.8 Å². The summed E-state index contributed by atoms with van der Waals surface area (Å²) in [6, 6.07) is -0.636. The number of carbonyl (C=O) groups is 2. The number of esters is 1. The minimum Gasteiger partial charge on any atom is -0.467 e. The largest absolute Gasteiger partial charge is 0.467 e. The quantitative estimate of drug-likeness (QED) is 0.600. The van der Waals surface area contributed by atoms with E-state index in [-0.39, 0.29) is 30.9 Å². The molecule has 0 aliphatic heterocycles. The number of hydrogen-bond acceptors (Lipinski definition) is 5. The van der Waals surface area contributed by atoms with Gasteiger partial charge in [-0.2, -0.15) is 0 Å². The molecule has 1 unspecified atom stereocenters. The van der Waals surface area contributed by atoms with Gasteiger partial charge in [0.15, 0.2) is 0 Å². The number of rotatable bonds is 7. The van der Waals surface area contributed by atoms with Gasteiger partial charge in [0.25, 0.3) is 0 Å². The van der Waals surface area contributed by atoms with E-state index in [2.05, 4.69) is 10.1 Å². The molecule has 0 rings (SSSR count). The topological polar surface area (TPSA) is 90.7 Å². The monoisotopic (exact) mass is 246 g/mol. The van der Waals surface area contributed by atoms with Gasteiger partial charge in [0.05, 0.1) is 19.6 Å². The summed E-state index contributed by atoms with van der Waals surface area (Å²) in [6.07, 6.45) is -0.201. The molecule has 3 N–H and O–H groups in total. The van der Waals surface area contributed by atoms with Crippen molar-refractivity contribution >= 4 is 11.9 Å². The zero-order valence-corrected chi connectivity index (χ0v) is 10.9. The van der Waals surface area contributed by atoms with E-state index >= 15 is 0 Å². The van der Waals surface area contributed by atoms with Crippen molar-refractivity contribution in [2.45, 2.75) is 32.4 Å². The maximum atomic E-state index is 11.7. The van der Waals surface area contributed by atoms with Gasteiger partial charge in [-0.25, -0.2) is 4.79 Å². The number of methoxy groups -OCH3 is 2. The van der Waals surface area contributed by atoms with Crippen LogP contribution in [0.3, 0.4) is 0 Å². The van der Waals surface area contributed by atoms with E-state index in [4.69, 9.17) is 10.5 Å². The fourth-order valence-electron chi connectivity index (χ4n) is 1.33. The molecule has 0 spiro atoms. The van der Waals surface area contributed by atoms with Crippen LogP contribution in [0.25, 0.3) is 0 Å². The Bertz CT molecular complexity index is 252. The standard InChI is InChI=1S/C11H22N2O4/c1-7(2)10(11(15)17-4)13-9(14)5-8(6-12)16-3/h7-8,10H,5-6,12H2,1-4H3,(H,13,14)/t8?,10-/m0/s1. The second-order valence-corrected chi connectivity index (χ2v) is 4.11. The second-order valence-electron chi connectivity index (χ2n) is 4.11. The number of nitrogens with one attached hydrogen (secondary N) is 1. The van der Waals surface area contributed by atoms with Gasteiger partial charge < -0.3 is 20.5 Å². The molecule has 17 heavy (non-hydrogen) atoms. The zero-order chi connectivity index (χ0) is 13.4. The summed E-state index contributed by atoms with van der Waals surface area (Å²) in [7, 11) is 2.78. The van der Waals surface area contributed by atoms with Gasteiger partial charge in [-0.3, -0.25) is 4.79 Å². The third-order valence-corrected chi connectivity index (χ3v) is 2.45. The summed E-state index contributed by atoms with van der Waals surface area (Å²) in [5.74, 6) is -0.758. The predicted octanol–water partition coefficient (Wildman–Crippen LogP) is -0.336. The Balaban J connectivity index is 4.36. The number of carbonyl (C=O) groups excluding carboxylic acids is 2. The zero-order valence-electron chi connectivity index (χ0n) is 10.9. The molecular formula is C11H22N2O4. The van der Waals surface area contributed by atoms with Crippen LogP contribution in [0.1, 0.15) is 20.3 Å². The summed E-state index contributed by atoms with van der Waals surface area (Å²) in [4.78, 5) is 23.1. The van der Waals surface area contributed by atoms with Crippen LogP contribution in [0.4, 0.5) is 0 Å². The van der Waals surface area contributed by atoms with Gasteiger partial charge in [-0.05, 0) is 5.92 Å². The van der Waals surface area contributed by atoms with Crippen molar-refractivity contribution in [3.8, 4) is 0 Å². The van der Waals surface area contributed by atoms with Gasteiger partial charge in [-0.1, -0.05) is 13.8 Å². The fourth-order valence-corrected chi connectivity index (χ4v) is 1.33. The Morgan fingerprint density at radius 2 is 1.88 bits per heavy atom. The van der Waals surface area contributed by atoms with E-state index in [1.807, 2.05) is 13.8 Å². The molecule has 2 atom stereocenters. The number of amides is 1. The maximum absolute atomic E-state index is 11.7. The highest BCUT2D eigenvalue weighted by molar-refractivity contribution is 5.84. The first-order valence-corrected chi connectivity index (χ1v) is 5.56. The lowest BCUT2D eigenvalue weighted by Gasteiger charge is -2.21. The molecule has 1 amide bonds. The molecule has 6 nitrogen and oxygen atoms in total. The molecule has 0 aromatic rings. The van der Waals surface area contributed by atoms with Gasteiger partial charge in [-0.15, -0.1) is 0 Å². The number of ether oxygens (including phenoxy) is 2. The summed E-state index contributed by atoms with van der Waals surface area (Å²) in [5.41, 5.74) is 5.41. The van der Waals surface area contributed by atoms with Crippen LogP contribution in [-0.2, 0) is 19.1 Å². The average Bonchev–Trinajstić information content (AvgIpc) is 2.31. The van der Waals surface area contributed by atoms with Crippen LogP contribution >= 0.6 is 0 Å². The minimum absolute atomic E-state index is 0.0368.